The van der Waals surface area contributed by atoms with Crippen LogP contribution in [0.25, 0.3) is 32.0 Å². The van der Waals surface area contributed by atoms with Crippen molar-refractivity contribution in [3.8, 4) is 22.3 Å². The smallest absolute Gasteiger partial charge is 0.232 e. The lowest BCUT2D eigenvalue weighted by atomic mass is 10.1. The zero-order valence-corrected chi connectivity index (χ0v) is 15.3. The van der Waals surface area contributed by atoms with Gasteiger partial charge in [-0.05, 0) is 30.2 Å². The van der Waals surface area contributed by atoms with Gasteiger partial charge in [-0.2, -0.15) is 0 Å². The number of aryl methyl sites for hydroxylation is 1. The van der Waals surface area contributed by atoms with Gasteiger partial charge in [0.25, 0.3) is 0 Å². The molecule has 3 heterocycles. The molecule has 132 valence electrons. The fraction of sp³-hybridized carbons (Fsp3) is 0.222. The first-order valence-electron chi connectivity index (χ1n) is 7.90. The summed E-state index contributed by atoms with van der Waals surface area (Å²) in [5.74, 6) is 0.980. The predicted molar refractivity (Wildman–Crippen MR) is 99.7 cm³/mol. The van der Waals surface area contributed by atoms with Crippen LogP contribution < -0.4 is 9.47 Å². The van der Waals surface area contributed by atoms with E-state index in [0.717, 1.165) is 32.0 Å². The molecule has 0 amide bonds. The molecule has 4 rings (SSSR count). The Labute approximate surface area is 153 Å². The average molecular weight is 368 g/mol. The SMILES string of the molecule is COc1cnc2c(-c3nc4c(C)cc(OC)nc4s3)cc(CO)cc2n1. The highest BCUT2D eigenvalue weighted by Crippen LogP contribution is 2.36. The van der Waals surface area contributed by atoms with Crippen molar-refractivity contribution in [2.75, 3.05) is 14.2 Å². The van der Waals surface area contributed by atoms with Gasteiger partial charge < -0.3 is 14.6 Å². The third kappa shape index (κ3) is 2.73. The molecule has 0 saturated heterocycles. The number of aromatic nitrogens is 4. The average Bonchev–Trinajstić information content (AvgIpc) is 3.10. The number of nitrogens with zero attached hydrogens (tertiary/aromatic N) is 4. The number of aliphatic hydroxyl groups excluding tert-OH is 1. The monoisotopic (exact) mass is 368 g/mol. The topological polar surface area (TPSA) is 90.3 Å². The normalized spacial score (nSPS) is 11.2. The van der Waals surface area contributed by atoms with Gasteiger partial charge in [0, 0.05) is 11.6 Å². The summed E-state index contributed by atoms with van der Waals surface area (Å²) in [4.78, 5) is 18.9. The number of hydrogen-bond donors (Lipinski definition) is 1. The van der Waals surface area contributed by atoms with E-state index in [1.54, 1.807) is 26.5 Å². The van der Waals surface area contributed by atoms with Crippen molar-refractivity contribution in [3.63, 3.8) is 0 Å². The molecule has 0 unspecified atom stereocenters. The number of pyridine rings is 1. The van der Waals surface area contributed by atoms with Crippen LogP contribution in [0.5, 0.6) is 11.8 Å². The highest BCUT2D eigenvalue weighted by atomic mass is 32.1. The van der Waals surface area contributed by atoms with Crippen LogP contribution in [0.4, 0.5) is 0 Å². The first-order chi connectivity index (χ1) is 12.6. The summed E-state index contributed by atoms with van der Waals surface area (Å²) in [6.45, 7) is 1.88. The Morgan fingerprint density at radius 3 is 2.54 bits per heavy atom. The molecule has 0 aliphatic carbocycles. The lowest BCUT2D eigenvalue weighted by Gasteiger charge is -2.07. The summed E-state index contributed by atoms with van der Waals surface area (Å²) in [5, 5.41) is 10.4. The lowest BCUT2D eigenvalue weighted by Crippen LogP contribution is -1.95. The molecule has 0 fully saturated rings. The maximum atomic E-state index is 9.62. The molecule has 0 atom stereocenters. The summed E-state index contributed by atoms with van der Waals surface area (Å²) >= 11 is 1.46. The highest BCUT2D eigenvalue weighted by molar-refractivity contribution is 7.21. The molecule has 3 aromatic heterocycles. The van der Waals surface area contributed by atoms with Gasteiger partial charge in [-0.15, -0.1) is 0 Å². The number of fused-ring (bicyclic) bond motifs is 2. The van der Waals surface area contributed by atoms with Crippen molar-refractivity contribution in [2.24, 2.45) is 0 Å². The minimum Gasteiger partial charge on any atom is -0.481 e. The molecule has 0 aliphatic heterocycles. The number of rotatable bonds is 4. The van der Waals surface area contributed by atoms with E-state index in [4.69, 9.17) is 14.5 Å². The van der Waals surface area contributed by atoms with Crippen LogP contribution in [0.15, 0.2) is 24.4 Å². The summed E-state index contributed by atoms with van der Waals surface area (Å²) in [7, 11) is 3.14. The maximum absolute atomic E-state index is 9.62. The maximum Gasteiger partial charge on any atom is 0.232 e. The van der Waals surface area contributed by atoms with Crippen LogP contribution >= 0.6 is 11.3 Å². The Kier molecular flexibility index (Phi) is 4.14. The van der Waals surface area contributed by atoms with E-state index in [2.05, 4.69) is 15.0 Å². The number of ether oxygens (including phenoxy) is 2. The molecule has 0 bridgehead atoms. The molecular weight excluding hydrogens is 352 g/mol. The molecule has 1 N–H and O–H groups in total. The number of methoxy groups -OCH3 is 2. The van der Waals surface area contributed by atoms with Crippen molar-refractivity contribution in [1.29, 1.82) is 0 Å². The molecule has 8 heteroatoms. The summed E-state index contributed by atoms with van der Waals surface area (Å²) < 4.78 is 10.4. The standard InChI is InChI=1S/C18H16N4O3S/c1-9-4-13(24-2)21-18-15(9)22-17(26-18)11-5-10(8-23)6-12-16(11)19-7-14(20-12)25-3/h4-7,23H,8H2,1-3H3. The highest BCUT2D eigenvalue weighted by Gasteiger charge is 2.16. The Bertz CT molecular complexity index is 1120. The first-order valence-corrected chi connectivity index (χ1v) is 8.71. The molecule has 0 saturated carbocycles. The number of hydrogen-bond acceptors (Lipinski definition) is 8. The van der Waals surface area contributed by atoms with Crippen LogP contribution in [-0.4, -0.2) is 39.3 Å². The predicted octanol–water partition coefficient (Wildman–Crippen LogP) is 3.12. The molecule has 0 spiro atoms. The molecular formula is C18H16N4O3S. The third-order valence-electron chi connectivity index (χ3n) is 4.05. The number of thiazole rings is 1. The van der Waals surface area contributed by atoms with E-state index < -0.39 is 0 Å². The van der Waals surface area contributed by atoms with E-state index in [-0.39, 0.29) is 6.61 Å². The van der Waals surface area contributed by atoms with Crippen molar-refractivity contribution in [2.45, 2.75) is 13.5 Å². The van der Waals surface area contributed by atoms with E-state index in [1.165, 1.54) is 11.3 Å². The van der Waals surface area contributed by atoms with Crippen molar-refractivity contribution < 1.29 is 14.6 Å². The fourth-order valence-corrected chi connectivity index (χ4v) is 3.79. The minimum absolute atomic E-state index is 0.0994. The zero-order valence-electron chi connectivity index (χ0n) is 14.5. The second-order valence-corrected chi connectivity index (χ2v) is 6.71. The van der Waals surface area contributed by atoms with Crippen molar-refractivity contribution in [1.82, 2.24) is 19.9 Å². The molecule has 1 aromatic carbocycles. The second-order valence-electron chi connectivity index (χ2n) is 5.74. The van der Waals surface area contributed by atoms with E-state index in [9.17, 15) is 5.11 Å². The zero-order chi connectivity index (χ0) is 18.3. The molecule has 0 radical (unpaired) electrons. The van der Waals surface area contributed by atoms with Gasteiger partial charge in [0.1, 0.15) is 15.4 Å². The van der Waals surface area contributed by atoms with Gasteiger partial charge in [0.15, 0.2) is 0 Å². The summed E-state index contributed by atoms with van der Waals surface area (Å²) in [5.41, 5.74) is 4.71. The Morgan fingerprint density at radius 1 is 1.00 bits per heavy atom. The van der Waals surface area contributed by atoms with E-state index in [1.807, 2.05) is 19.1 Å². The Balaban J connectivity index is 1.98. The van der Waals surface area contributed by atoms with Gasteiger partial charge >= 0.3 is 0 Å². The molecule has 26 heavy (non-hydrogen) atoms. The van der Waals surface area contributed by atoms with Crippen LogP contribution in [0.1, 0.15) is 11.1 Å². The summed E-state index contributed by atoms with van der Waals surface area (Å²) in [6, 6.07) is 5.54. The molecule has 7 nitrogen and oxygen atoms in total. The quantitative estimate of drug-likeness (QED) is 0.592. The van der Waals surface area contributed by atoms with Crippen LogP contribution in [0.2, 0.25) is 0 Å². The number of aliphatic hydroxyl groups is 1. The fourth-order valence-electron chi connectivity index (χ4n) is 2.77. The van der Waals surface area contributed by atoms with Crippen LogP contribution in [0.3, 0.4) is 0 Å². The Hall–Kier alpha value is -2.84. The summed E-state index contributed by atoms with van der Waals surface area (Å²) in [6.07, 6.45) is 1.57. The molecule has 4 aromatic rings. The first kappa shape index (κ1) is 16.6. The van der Waals surface area contributed by atoms with Crippen molar-refractivity contribution >= 4 is 32.7 Å². The van der Waals surface area contributed by atoms with Gasteiger partial charge in [0.05, 0.1) is 38.1 Å². The van der Waals surface area contributed by atoms with Gasteiger partial charge in [-0.3, -0.25) is 0 Å². The van der Waals surface area contributed by atoms with Crippen LogP contribution in [-0.2, 0) is 6.61 Å². The molecule has 0 aliphatic rings. The second kappa shape index (κ2) is 6.47. The van der Waals surface area contributed by atoms with E-state index >= 15 is 0 Å². The number of benzene rings is 1. The Morgan fingerprint density at radius 2 is 1.81 bits per heavy atom. The van der Waals surface area contributed by atoms with Gasteiger partial charge in [-0.25, -0.2) is 19.9 Å². The van der Waals surface area contributed by atoms with Crippen molar-refractivity contribution in [3.05, 3.63) is 35.5 Å². The largest absolute Gasteiger partial charge is 0.481 e. The van der Waals surface area contributed by atoms with Gasteiger partial charge in [0.2, 0.25) is 11.8 Å². The third-order valence-corrected chi connectivity index (χ3v) is 5.03. The van der Waals surface area contributed by atoms with Crippen LogP contribution in [0, 0.1) is 6.92 Å². The van der Waals surface area contributed by atoms with E-state index in [0.29, 0.717) is 22.8 Å². The minimum atomic E-state index is -0.0994. The lowest BCUT2D eigenvalue weighted by molar-refractivity contribution is 0.282. The van der Waals surface area contributed by atoms with Gasteiger partial charge in [-0.1, -0.05) is 11.3 Å².